The standard InChI is InChI=1S/C11H23ClN2O2S/c1-2-8-13(11-7-12)17(15,16)14-9-5-3-4-6-10-14/h2-11H2,1H3. The van der Waals surface area contributed by atoms with Crippen LogP contribution in [0.2, 0.25) is 0 Å². The fourth-order valence-corrected chi connectivity index (χ4v) is 4.21. The van der Waals surface area contributed by atoms with Crippen molar-refractivity contribution in [2.24, 2.45) is 0 Å². The summed E-state index contributed by atoms with van der Waals surface area (Å²) < 4.78 is 28.0. The molecule has 0 aliphatic carbocycles. The third-order valence-electron chi connectivity index (χ3n) is 3.02. The van der Waals surface area contributed by atoms with E-state index in [0.29, 0.717) is 32.1 Å². The Morgan fingerprint density at radius 1 is 1.12 bits per heavy atom. The Morgan fingerprint density at radius 2 is 1.71 bits per heavy atom. The van der Waals surface area contributed by atoms with E-state index >= 15 is 0 Å². The number of nitrogens with zero attached hydrogens (tertiary/aromatic N) is 2. The summed E-state index contributed by atoms with van der Waals surface area (Å²) >= 11 is 5.68. The van der Waals surface area contributed by atoms with Gasteiger partial charge in [-0.3, -0.25) is 0 Å². The van der Waals surface area contributed by atoms with Gasteiger partial charge in [-0.25, -0.2) is 0 Å². The van der Waals surface area contributed by atoms with E-state index in [0.717, 1.165) is 32.1 Å². The molecule has 0 unspecified atom stereocenters. The van der Waals surface area contributed by atoms with Crippen molar-refractivity contribution in [3.8, 4) is 0 Å². The van der Waals surface area contributed by atoms with Gasteiger partial charge in [0.05, 0.1) is 0 Å². The van der Waals surface area contributed by atoms with Gasteiger partial charge in [0.15, 0.2) is 0 Å². The van der Waals surface area contributed by atoms with Gasteiger partial charge in [0.1, 0.15) is 0 Å². The summed E-state index contributed by atoms with van der Waals surface area (Å²) in [5, 5.41) is 0. The van der Waals surface area contributed by atoms with Gasteiger partial charge in [-0.1, -0.05) is 19.8 Å². The maximum atomic E-state index is 12.4. The first-order valence-corrected chi connectivity index (χ1v) is 8.37. The maximum absolute atomic E-state index is 12.4. The molecular weight excluding hydrogens is 260 g/mol. The van der Waals surface area contributed by atoms with E-state index in [-0.39, 0.29) is 0 Å². The number of halogens is 1. The summed E-state index contributed by atoms with van der Waals surface area (Å²) in [5.41, 5.74) is 0. The van der Waals surface area contributed by atoms with Crippen molar-refractivity contribution in [1.82, 2.24) is 8.61 Å². The minimum atomic E-state index is -3.29. The van der Waals surface area contributed by atoms with Crippen LogP contribution in [0.3, 0.4) is 0 Å². The van der Waals surface area contributed by atoms with E-state index in [9.17, 15) is 8.42 Å². The molecule has 6 heteroatoms. The van der Waals surface area contributed by atoms with E-state index in [2.05, 4.69) is 0 Å². The van der Waals surface area contributed by atoms with Gasteiger partial charge in [0.25, 0.3) is 10.2 Å². The van der Waals surface area contributed by atoms with E-state index < -0.39 is 10.2 Å². The normalized spacial score (nSPS) is 19.5. The van der Waals surface area contributed by atoms with E-state index in [1.807, 2.05) is 6.92 Å². The predicted molar refractivity (Wildman–Crippen MR) is 71.5 cm³/mol. The quantitative estimate of drug-likeness (QED) is 0.700. The van der Waals surface area contributed by atoms with E-state index in [4.69, 9.17) is 11.6 Å². The lowest BCUT2D eigenvalue weighted by Gasteiger charge is -2.28. The minimum Gasteiger partial charge on any atom is -0.195 e. The summed E-state index contributed by atoms with van der Waals surface area (Å²) in [6.07, 6.45) is 5.04. The van der Waals surface area contributed by atoms with Crippen LogP contribution in [0.1, 0.15) is 39.0 Å². The van der Waals surface area contributed by atoms with Crippen LogP contribution in [0.5, 0.6) is 0 Å². The van der Waals surface area contributed by atoms with Crippen molar-refractivity contribution >= 4 is 21.8 Å². The zero-order valence-corrected chi connectivity index (χ0v) is 12.1. The smallest absolute Gasteiger partial charge is 0.195 e. The lowest BCUT2D eigenvalue weighted by molar-refractivity contribution is 0.347. The Labute approximate surface area is 110 Å². The van der Waals surface area contributed by atoms with Crippen LogP contribution >= 0.6 is 11.6 Å². The molecular formula is C11H23ClN2O2S. The highest BCUT2D eigenvalue weighted by Gasteiger charge is 2.28. The number of hydrogen-bond acceptors (Lipinski definition) is 2. The Morgan fingerprint density at radius 3 is 2.18 bits per heavy atom. The summed E-state index contributed by atoms with van der Waals surface area (Å²) in [4.78, 5) is 0. The topological polar surface area (TPSA) is 40.6 Å². The van der Waals surface area contributed by atoms with Crippen LogP contribution in [-0.2, 0) is 10.2 Å². The number of hydrogen-bond donors (Lipinski definition) is 0. The molecule has 1 aliphatic rings. The van der Waals surface area contributed by atoms with Crippen molar-refractivity contribution < 1.29 is 8.42 Å². The SMILES string of the molecule is CCCN(CCCl)S(=O)(=O)N1CCCCCC1. The van der Waals surface area contributed by atoms with Crippen LogP contribution in [0.4, 0.5) is 0 Å². The summed E-state index contributed by atoms with van der Waals surface area (Å²) in [6.45, 7) is 4.27. The molecule has 1 rings (SSSR count). The molecule has 0 aromatic heterocycles. The molecule has 1 saturated heterocycles. The van der Waals surface area contributed by atoms with E-state index in [1.54, 1.807) is 4.31 Å². The Kier molecular flexibility index (Phi) is 6.77. The van der Waals surface area contributed by atoms with Crippen LogP contribution in [0.25, 0.3) is 0 Å². The highest BCUT2D eigenvalue weighted by atomic mass is 35.5. The van der Waals surface area contributed by atoms with Gasteiger partial charge < -0.3 is 0 Å². The highest BCUT2D eigenvalue weighted by Crippen LogP contribution is 2.16. The second-order valence-corrected chi connectivity index (χ2v) is 6.72. The van der Waals surface area contributed by atoms with Crippen LogP contribution in [0.15, 0.2) is 0 Å². The van der Waals surface area contributed by atoms with Gasteiger partial charge in [0.2, 0.25) is 0 Å². The Bertz CT molecular complexity index is 287. The second-order valence-electron chi connectivity index (χ2n) is 4.41. The minimum absolute atomic E-state index is 0.354. The second kappa shape index (κ2) is 7.56. The average Bonchev–Trinajstić information content (AvgIpc) is 2.57. The molecule has 0 N–H and O–H groups in total. The fraction of sp³-hybridized carbons (Fsp3) is 1.00. The zero-order valence-electron chi connectivity index (χ0n) is 10.6. The van der Waals surface area contributed by atoms with Crippen LogP contribution in [-0.4, -0.2) is 49.1 Å². The monoisotopic (exact) mass is 282 g/mol. The molecule has 1 aliphatic heterocycles. The molecule has 0 bridgehead atoms. The van der Waals surface area contributed by atoms with Crippen molar-refractivity contribution in [3.63, 3.8) is 0 Å². The molecule has 0 spiro atoms. The Balaban J connectivity index is 2.74. The van der Waals surface area contributed by atoms with Gasteiger partial charge in [-0.15, -0.1) is 11.6 Å². The molecule has 1 heterocycles. The third kappa shape index (κ3) is 4.39. The van der Waals surface area contributed by atoms with Gasteiger partial charge >= 0.3 is 0 Å². The molecule has 0 saturated carbocycles. The summed E-state index contributed by atoms with van der Waals surface area (Å²) in [7, 11) is -3.29. The lowest BCUT2D eigenvalue weighted by Crippen LogP contribution is -2.45. The first-order valence-electron chi connectivity index (χ1n) is 6.44. The van der Waals surface area contributed by atoms with Gasteiger partial charge in [-0.2, -0.15) is 17.0 Å². The largest absolute Gasteiger partial charge is 0.282 e. The third-order valence-corrected chi connectivity index (χ3v) is 5.23. The summed E-state index contributed by atoms with van der Waals surface area (Å²) in [6, 6.07) is 0. The highest BCUT2D eigenvalue weighted by molar-refractivity contribution is 7.86. The molecule has 0 amide bonds. The fourth-order valence-electron chi connectivity index (χ4n) is 2.12. The Hall–Kier alpha value is 0.160. The molecule has 0 aromatic rings. The van der Waals surface area contributed by atoms with Gasteiger partial charge in [-0.05, 0) is 19.3 Å². The van der Waals surface area contributed by atoms with Crippen LogP contribution < -0.4 is 0 Å². The molecule has 102 valence electrons. The molecule has 0 atom stereocenters. The van der Waals surface area contributed by atoms with Crippen molar-refractivity contribution in [2.45, 2.75) is 39.0 Å². The number of rotatable bonds is 6. The summed E-state index contributed by atoms with van der Waals surface area (Å²) in [5.74, 6) is 0.354. The molecule has 1 fully saturated rings. The van der Waals surface area contributed by atoms with Crippen molar-refractivity contribution in [1.29, 1.82) is 0 Å². The lowest BCUT2D eigenvalue weighted by atomic mass is 10.2. The predicted octanol–water partition coefficient (Wildman–Crippen LogP) is 2.06. The van der Waals surface area contributed by atoms with Crippen molar-refractivity contribution in [2.75, 3.05) is 32.1 Å². The van der Waals surface area contributed by atoms with Gasteiger partial charge in [0, 0.05) is 32.1 Å². The first-order chi connectivity index (χ1) is 8.12. The van der Waals surface area contributed by atoms with Crippen molar-refractivity contribution in [3.05, 3.63) is 0 Å². The molecule has 4 nitrogen and oxygen atoms in total. The average molecular weight is 283 g/mol. The zero-order chi connectivity index (χ0) is 12.7. The molecule has 0 radical (unpaired) electrons. The number of alkyl halides is 1. The van der Waals surface area contributed by atoms with Crippen LogP contribution in [0, 0.1) is 0 Å². The molecule has 0 aromatic carbocycles. The first kappa shape index (κ1) is 15.2. The van der Waals surface area contributed by atoms with E-state index in [1.165, 1.54) is 4.31 Å². The molecule has 17 heavy (non-hydrogen) atoms. The maximum Gasteiger partial charge on any atom is 0.282 e.